The van der Waals surface area contributed by atoms with Crippen molar-refractivity contribution in [2.45, 2.75) is 19.8 Å². The van der Waals surface area contributed by atoms with Gasteiger partial charge in [-0.3, -0.25) is 0 Å². The first-order chi connectivity index (χ1) is 5.74. The Hall–Kier alpha value is -1.31. The Balaban J connectivity index is 2.77. The number of rotatable bonds is 3. The number of nitrogens with one attached hydrogen (secondary N) is 2. The van der Waals surface area contributed by atoms with Gasteiger partial charge in [-0.2, -0.15) is 0 Å². The first-order valence-corrected chi connectivity index (χ1v) is 4.10. The molecule has 2 N–H and O–H groups in total. The van der Waals surface area contributed by atoms with E-state index in [9.17, 15) is 0 Å². The monoisotopic (exact) mass is 162 g/mol. The van der Waals surface area contributed by atoms with Gasteiger partial charge in [0.15, 0.2) is 0 Å². The van der Waals surface area contributed by atoms with Crippen molar-refractivity contribution in [3.05, 3.63) is 29.6 Å². The molecule has 12 heavy (non-hydrogen) atoms. The van der Waals surface area contributed by atoms with Gasteiger partial charge >= 0.3 is 0 Å². The molecule has 1 aromatic rings. The van der Waals surface area contributed by atoms with Crippen LogP contribution in [0.5, 0.6) is 0 Å². The number of allylic oxidation sites excluding steroid dienone is 1. The van der Waals surface area contributed by atoms with E-state index in [1.807, 2.05) is 12.1 Å². The summed E-state index contributed by atoms with van der Waals surface area (Å²) in [5, 5.41) is 6.82. The van der Waals surface area contributed by atoms with Gasteiger partial charge in [0, 0.05) is 17.6 Å². The fourth-order valence-corrected chi connectivity index (χ4v) is 1.02. The molecule has 0 saturated heterocycles. The quantitative estimate of drug-likeness (QED) is 0.642. The number of hydrogen-bond donors (Lipinski definition) is 2. The van der Waals surface area contributed by atoms with Crippen molar-refractivity contribution in [2.24, 2.45) is 0 Å². The molecule has 0 amide bonds. The van der Waals surface area contributed by atoms with Crippen LogP contribution in [0.2, 0.25) is 0 Å². The van der Waals surface area contributed by atoms with Gasteiger partial charge in [0.05, 0.1) is 0 Å². The van der Waals surface area contributed by atoms with E-state index in [2.05, 4.69) is 24.9 Å². The Bertz CT molecular complexity index is 282. The maximum Gasteiger partial charge on any atom is 0.0383 e. The number of H-pyrrole nitrogens is 1. The highest BCUT2D eigenvalue weighted by molar-refractivity contribution is 5.75. The molecule has 1 rings (SSSR count). The molecule has 64 valence electrons. The van der Waals surface area contributed by atoms with Crippen LogP contribution in [0.15, 0.2) is 18.2 Å². The van der Waals surface area contributed by atoms with Crippen molar-refractivity contribution in [3.8, 4) is 0 Å². The molecule has 2 nitrogen and oxygen atoms in total. The molecule has 0 aliphatic carbocycles. The molecular weight excluding hydrogens is 148 g/mol. The summed E-state index contributed by atoms with van der Waals surface area (Å²) in [4.78, 5) is 3.26. The Kier molecular flexibility index (Phi) is 2.86. The fraction of sp³-hybridized carbons (Fsp3) is 0.300. The summed E-state index contributed by atoms with van der Waals surface area (Å²) >= 11 is 0. The smallest absolute Gasteiger partial charge is 0.0383 e. The summed E-state index contributed by atoms with van der Waals surface area (Å²) in [6.45, 7) is 4.30. The SMILES string of the molecule is CC(C)c1ccc(/C=C\C=N)[nH]1. The number of aromatic amines is 1. The van der Waals surface area contributed by atoms with Crippen molar-refractivity contribution in [2.75, 3.05) is 0 Å². The number of hydrogen-bond acceptors (Lipinski definition) is 1. The summed E-state index contributed by atoms with van der Waals surface area (Å²) in [5.74, 6) is 0.534. The third-order valence-corrected chi connectivity index (χ3v) is 1.73. The number of aromatic nitrogens is 1. The first-order valence-electron chi connectivity index (χ1n) is 4.10. The average molecular weight is 162 g/mol. The van der Waals surface area contributed by atoms with Crippen LogP contribution in [0.3, 0.4) is 0 Å². The van der Waals surface area contributed by atoms with Gasteiger partial charge < -0.3 is 10.4 Å². The van der Waals surface area contributed by atoms with Gasteiger partial charge in [-0.05, 0) is 30.2 Å². The molecule has 0 fully saturated rings. The Morgan fingerprint density at radius 1 is 1.42 bits per heavy atom. The van der Waals surface area contributed by atoms with Crippen molar-refractivity contribution in [3.63, 3.8) is 0 Å². The highest BCUT2D eigenvalue weighted by atomic mass is 14.7. The van der Waals surface area contributed by atoms with E-state index in [-0.39, 0.29) is 0 Å². The van der Waals surface area contributed by atoms with Gasteiger partial charge in [0.25, 0.3) is 0 Å². The third kappa shape index (κ3) is 2.09. The van der Waals surface area contributed by atoms with E-state index < -0.39 is 0 Å². The normalized spacial score (nSPS) is 11.2. The van der Waals surface area contributed by atoms with Gasteiger partial charge in [0.2, 0.25) is 0 Å². The van der Waals surface area contributed by atoms with Crippen LogP contribution in [-0.2, 0) is 0 Å². The summed E-state index contributed by atoms with van der Waals surface area (Å²) in [6, 6.07) is 4.10. The van der Waals surface area contributed by atoms with E-state index in [0.717, 1.165) is 5.69 Å². The molecule has 1 heterocycles. The van der Waals surface area contributed by atoms with E-state index >= 15 is 0 Å². The molecule has 0 radical (unpaired) electrons. The molecule has 1 aromatic heterocycles. The lowest BCUT2D eigenvalue weighted by molar-refractivity contribution is 0.832. The molecule has 0 aromatic carbocycles. The van der Waals surface area contributed by atoms with Crippen LogP contribution in [0.4, 0.5) is 0 Å². The summed E-state index contributed by atoms with van der Waals surface area (Å²) in [6.07, 6.45) is 4.87. The second-order valence-electron chi connectivity index (χ2n) is 3.05. The summed E-state index contributed by atoms with van der Waals surface area (Å²) in [5.41, 5.74) is 2.29. The molecule has 0 aliphatic rings. The molecule has 2 heteroatoms. The first kappa shape index (κ1) is 8.78. The van der Waals surface area contributed by atoms with Crippen molar-refractivity contribution < 1.29 is 0 Å². The lowest BCUT2D eigenvalue weighted by Gasteiger charge is -1.98. The zero-order chi connectivity index (χ0) is 8.97. The second-order valence-corrected chi connectivity index (χ2v) is 3.05. The van der Waals surface area contributed by atoms with E-state index in [0.29, 0.717) is 5.92 Å². The third-order valence-electron chi connectivity index (χ3n) is 1.73. The summed E-state index contributed by atoms with van der Waals surface area (Å²) < 4.78 is 0. The predicted octanol–water partition coefficient (Wildman–Crippen LogP) is 2.80. The molecule has 0 saturated carbocycles. The predicted molar refractivity (Wildman–Crippen MR) is 52.7 cm³/mol. The highest BCUT2D eigenvalue weighted by Crippen LogP contribution is 2.13. The molecular formula is C10H14N2. The fourth-order valence-electron chi connectivity index (χ4n) is 1.02. The lowest BCUT2D eigenvalue weighted by atomic mass is 10.1. The van der Waals surface area contributed by atoms with E-state index in [4.69, 9.17) is 5.41 Å². The van der Waals surface area contributed by atoms with Crippen LogP contribution in [-0.4, -0.2) is 11.2 Å². The highest BCUT2D eigenvalue weighted by Gasteiger charge is 1.99. The Labute approximate surface area is 72.8 Å². The zero-order valence-corrected chi connectivity index (χ0v) is 7.46. The topological polar surface area (TPSA) is 39.6 Å². The minimum absolute atomic E-state index is 0.534. The lowest BCUT2D eigenvalue weighted by Crippen LogP contribution is -1.85. The largest absolute Gasteiger partial charge is 0.359 e. The molecule has 0 atom stereocenters. The minimum Gasteiger partial charge on any atom is -0.359 e. The second kappa shape index (κ2) is 3.90. The van der Waals surface area contributed by atoms with Gasteiger partial charge in [0.1, 0.15) is 0 Å². The molecule has 0 aliphatic heterocycles. The van der Waals surface area contributed by atoms with Gasteiger partial charge in [-0.25, -0.2) is 0 Å². The average Bonchev–Trinajstić information content (AvgIpc) is 2.48. The van der Waals surface area contributed by atoms with Crippen LogP contribution in [0.25, 0.3) is 6.08 Å². The van der Waals surface area contributed by atoms with Crippen molar-refractivity contribution in [1.82, 2.24) is 4.98 Å². The van der Waals surface area contributed by atoms with Crippen molar-refractivity contribution >= 4 is 12.3 Å². The maximum absolute atomic E-state index is 6.82. The van der Waals surface area contributed by atoms with E-state index in [1.54, 1.807) is 6.08 Å². The van der Waals surface area contributed by atoms with Crippen LogP contribution >= 0.6 is 0 Å². The standard InChI is InChI=1S/C10H14N2/c1-8(2)10-6-5-9(12-10)4-3-7-11/h3-8,11-12H,1-2H3/b4-3-,11-7?. The van der Waals surface area contributed by atoms with Crippen molar-refractivity contribution in [1.29, 1.82) is 5.41 Å². The zero-order valence-electron chi connectivity index (χ0n) is 7.46. The Morgan fingerprint density at radius 3 is 2.67 bits per heavy atom. The van der Waals surface area contributed by atoms with E-state index in [1.165, 1.54) is 11.9 Å². The van der Waals surface area contributed by atoms with Crippen LogP contribution in [0.1, 0.15) is 31.2 Å². The van der Waals surface area contributed by atoms with Gasteiger partial charge in [-0.15, -0.1) is 0 Å². The van der Waals surface area contributed by atoms with Crippen LogP contribution in [0, 0.1) is 5.41 Å². The minimum atomic E-state index is 0.534. The maximum atomic E-state index is 6.82. The molecule has 0 spiro atoms. The summed E-state index contributed by atoms with van der Waals surface area (Å²) in [7, 11) is 0. The Morgan fingerprint density at radius 2 is 2.17 bits per heavy atom. The van der Waals surface area contributed by atoms with Gasteiger partial charge in [-0.1, -0.05) is 13.8 Å². The molecule has 0 unspecified atom stereocenters. The van der Waals surface area contributed by atoms with Crippen LogP contribution < -0.4 is 0 Å². The molecule has 0 bridgehead atoms.